The van der Waals surface area contributed by atoms with Crippen LogP contribution in [0.3, 0.4) is 0 Å². The monoisotopic (exact) mass is 520 g/mol. The second kappa shape index (κ2) is 10.1. The zero-order valence-corrected chi connectivity index (χ0v) is 21.5. The Labute approximate surface area is 223 Å². The SMILES string of the molecule is Cc1cccc(OCCCn2cc(/C=C3/C(=N)N4N=C(c5cccnc5)SC4=NC3=O)c3ccccc32)c1. The first-order valence-corrected chi connectivity index (χ1v) is 13.1. The van der Waals surface area contributed by atoms with E-state index in [1.807, 2.05) is 67.7 Å². The number of nitrogens with zero attached hydrogens (tertiary/aromatic N) is 5. The normalized spacial score (nSPS) is 16.1. The molecule has 2 aromatic carbocycles. The predicted molar refractivity (Wildman–Crippen MR) is 152 cm³/mol. The minimum Gasteiger partial charge on any atom is -0.494 e. The average Bonchev–Trinajstić information content (AvgIpc) is 3.51. The molecule has 4 aromatic rings. The molecule has 8 nitrogen and oxygen atoms in total. The molecule has 0 fully saturated rings. The van der Waals surface area contributed by atoms with Gasteiger partial charge in [-0.1, -0.05) is 30.3 Å². The predicted octanol–water partition coefficient (Wildman–Crippen LogP) is 5.48. The Bertz CT molecular complexity index is 1650. The summed E-state index contributed by atoms with van der Waals surface area (Å²) in [7, 11) is 0. The first-order chi connectivity index (χ1) is 18.6. The van der Waals surface area contributed by atoms with Crippen molar-refractivity contribution in [2.24, 2.45) is 10.1 Å². The molecule has 188 valence electrons. The van der Waals surface area contributed by atoms with E-state index >= 15 is 0 Å². The Kier molecular flexibility index (Phi) is 6.35. The molecule has 0 saturated heterocycles. The number of hydrazone groups is 1. The molecule has 2 aromatic heterocycles. The zero-order valence-electron chi connectivity index (χ0n) is 20.7. The van der Waals surface area contributed by atoms with Crippen LogP contribution in [0.2, 0.25) is 0 Å². The summed E-state index contributed by atoms with van der Waals surface area (Å²) in [6.07, 6.45) is 7.98. The fourth-order valence-corrected chi connectivity index (χ4v) is 5.34. The smallest absolute Gasteiger partial charge is 0.283 e. The third-order valence-corrected chi connectivity index (χ3v) is 7.24. The van der Waals surface area contributed by atoms with Gasteiger partial charge in [0, 0.05) is 47.2 Å². The molecule has 0 aliphatic carbocycles. The number of amidine groups is 2. The fraction of sp³-hybridized carbons (Fsp3) is 0.138. The molecule has 0 atom stereocenters. The minimum absolute atomic E-state index is 0.00905. The highest BCUT2D eigenvalue weighted by Crippen LogP contribution is 2.32. The van der Waals surface area contributed by atoms with Crippen LogP contribution in [0.15, 0.2) is 94.9 Å². The van der Waals surface area contributed by atoms with Crippen molar-refractivity contribution in [2.75, 3.05) is 6.61 Å². The summed E-state index contributed by atoms with van der Waals surface area (Å²) in [5, 5.41) is 16.7. The number of amides is 1. The van der Waals surface area contributed by atoms with Gasteiger partial charge in [0.2, 0.25) is 5.17 Å². The number of aryl methyl sites for hydroxylation is 2. The summed E-state index contributed by atoms with van der Waals surface area (Å²) in [6, 6.07) is 19.8. The van der Waals surface area contributed by atoms with Gasteiger partial charge in [-0.05, 0) is 67.1 Å². The molecule has 2 aliphatic rings. The van der Waals surface area contributed by atoms with Crippen LogP contribution in [0.4, 0.5) is 0 Å². The van der Waals surface area contributed by atoms with E-state index in [1.165, 1.54) is 22.3 Å². The molecule has 0 bridgehead atoms. The zero-order chi connectivity index (χ0) is 26.1. The summed E-state index contributed by atoms with van der Waals surface area (Å²) >= 11 is 1.26. The van der Waals surface area contributed by atoms with E-state index in [0.717, 1.165) is 40.7 Å². The topological polar surface area (TPSA) is 95.9 Å². The van der Waals surface area contributed by atoms with Gasteiger partial charge >= 0.3 is 0 Å². The number of benzene rings is 2. The Morgan fingerprint density at radius 1 is 1.11 bits per heavy atom. The van der Waals surface area contributed by atoms with Crippen molar-refractivity contribution in [1.29, 1.82) is 5.41 Å². The number of carbonyl (C=O) groups excluding carboxylic acids is 1. The Morgan fingerprint density at radius 3 is 2.84 bits per heavy atom. The number of fused-ring (bicyclic) bond motifs is 2. The van der Waals surface area contributed by atoms with E-state index in [2.05, 4.69) is 25.7 Å². The Balaban J connectivity index is 1.24. The van der Waals surface area contributed by atoms with E-state index in [0.29, 0.717) is 16.8 Å². The molecule has 0 radical (unpaired) electrons. The standard InChI is InChI=1S/C29H24N6O2S/c1-19-7-4-9-22(15-19)37-14-6-13-34-18-21(23-10-2-3-11-25(23)34)16-24-26(30)35-29(32-27(24)36)38-28(33-35)20-8-5-12-31-17-20/h2-5,7-12,15-18,30H,6,13-14H2,1H3/b24-16-,30-26?. The van der Waals surface area contributed by atoms with Gasteiger partial charge in [0.25, 0.3) is 5.91 Å². The van der Waals surface area contributed by atoms with Gasteiger partial charge in [-0.15, -0.1) is 0 Å². The molecule has 0 spiro atoms. The highest BCUT2D eigenvalue weighted by molar-refractivity contribution is 8.27. The van der Waals surface area contributed by atoms with E-state index in [-0.39, 0.29) is 11.4 Å². The first kappa shape index (κ1) is 23.9. The molecule has 6 rings (SSSR count). The summed E-state index contributed by atoms with van der Waals surface area (Å²) in [5.74, 6) is 0.436. The van der Waals surface area contributed by atoms with Gasteiger partial charge in [0.05, 0.1) is 12.2 Å². The summed E-state index contributed by atoms with van der Waals surface area (Å²) in [4.78, 5) is 21.3. The van der Waals surface area contributed by atoms with Crippen molar-refractivity contribution in [3.05, 3.63) is 102 Å². The summed E-state index contributed by atoms with van der Waals surface area (Å²) in [6.45, 7) is 3.40. The van der Waals surface area contributed by atoms with Gasteiger partial charge in [-0.2, -0.15) is 15.1 Å². The van der Waals surface area contributed by atoms with Crippen LogP contribution >= 0.6 is 11.8 Å². The van der Waals surface area contributed by atoms with Gasteiger partial charge in [0.1, 0.15) is 10.8 Å². The molecule has 1 amide bonds. The van der Waals surface area contributed by atoms with Gasteiger partial charge in [-0.25, -0.2) is 0 Å². The van der Waals surface area contributed by atoms with Crippen LogP contribution in [-0.2, 0) is 11.3 Å². The van der Waals surface area contributed by atoms with Crippen molar-refractivity contribution in [3.63, 3.8) is 0 Å². The number of thioether (sulfide) groups is 1. The summed E-state index contributed by atoms with van der Waals surface area (Å²) in [5.41, 5.74) is 4.10. The quantitative estimate of drug-likeness (QED) is 0.257. The first-order valence-electron chi connectivity index (χ1n) is 12.2. The molecule has 1 N–H and O–H groups in total. The largest absolute Gasteiger partial charge is 0.494 e. The van der Waals surface area contributed by atoms with Crippen LogP contribution in [0, 0.1) is 12.3 Å². The van der Waals surface area contributed by atoms with Crippen LogP contribution in [0.1, 0.15) is 23.1 Å². The molecule has 0 unspecified atom stereocenters. The molecule has 4 heterocycles. The maximum absolute atomic E-state index is 13.0. The number of aliphatic imine (C=N–C) groups is 1. The number of hydrogen-bond donors (Lipinski definition) is 1. The lowest BCUT2D eigenvalue weighted by atomic mass is 10.1. The van der Waals surface area contributed by atoms with E-state index < -0.39 is 5.91 Å². The molecule has 38 heavy (non-hydrogen) atoms. The van der Waals surface area contributed by atoms with Gasteiger partial charge in [0.15, 0.2) is 5.84 Å². The van der Waals surface area contributed by atoms with Crippen LogP contribution in [-0.4, -0.2) is 43.1 Å². The third-order valence-electron chi connectivity index (χ3n) is 6.28. The number of carbonyl (C=O) groups is 1. The number of rotatable bonds is 7. The third kappa shape index (κ3) is 4.64. The lowest BCUT2D eigenvalue weighted by molar-refractivity contribution is -0.114. The maximum atomic E-state index is 13.0. The Morgan fingerprint density at radius 2 is 2.00 bits per heavy atom. The number of ether oxygens (including phenoxy) is 1. The van der Waals surface area contributed by atoms with Crippen molar-refractivity contribution in [3.8, 4) is 5.75 Å². The molecule has 0 saturated carbocycles. The number of para-hydroxylation sites is 1. The van der Waals surface area contributed by atoms with Crippen molar-refractivity contribution >= 4 is 50.7 Å². The van der Waals surface area contributed by atoms with Crippen molar-refractivity contribution in [1.82, 2.24) is 14.6 Å². The van der Waals surface area contributed by atoms with Crippen LogP contribution in [0.5, 0.6) is 5.75 Å². The number of pyridine rings is 1. The van der Waals surface area contributed by atoms with Crippen LogP contribution < -0.4 is 4.74 Å². The minimum atomic E-state index is -0.445. The lowest BCUT2D eigenvalue weighted by Crippen LogP contribution is -2.35. The average molecular weight is 521 g/mol. The lowest BCUT2D eigenvalue weighted by Gasteiger charge is -2.20. The van der Waals surface area contributed by atoms with E-state index in [4.69, 9.17) is 10.1 Å². The van der Waals surface area contributed by atoms with Crippen molar-refractivity contribution < 1.29 is 9.53 Å². The molecular weight excluding hydrogens is 496 g/mol. The fourth-order valence-electron chi connectivity index (χ4n) is 4.46. The van der Waals surface area contributed by atoms with E-state index in [1.54, 1.807) is 18.5 Å². The highest BCUT2D eigenvalue weighted by Gasteiger charge is 2.36. The molecule has 9 heteroatoms. The van der Waals surface area contributed by atoms with Gasteiger partial charge in [-0.3, -0.25) is 15.2 Å². The maximum Gasteiger partial charge on any atom is 0.283 e. The van der Waals surface area contributed by atoms with Crippen molar-refractivity contribution in [2.45, 2.75) is 19.9 Å². The number of hydrogen-bond acceptors (Lipinski definition) is 6. The molecular formula is C29H24N6O2S. The highest BCUT2D eigenvalue weighted by atomic mass is 32.2. The van der Waals surface area contributed by atoms with Gasteiger partial charge < -0.3 is 9.30 Å². The van der Waals surface area contributed by atoms with Crippen LogP contribution in [0.25, 0.3) is 17.0 Å². The molecule has 2 aliphatic heterocycles. The van der Waals surface area contributed by atoms with E-state index in [9.17, 15) is 4.79 Å². The second-order valence-corrected chi connectivity index (χ2v) is 9.94. The number of nitrogens with one attached hydrogen (secondary N) is 1. The number of aromatic nitrogens is 2. The second-order valence-electron chi connectivity index (χ2n) is 8.98. The Hall–Kier alpha value is -4.50. The summed E-state index contributed by atoms with van der Waals surface area (Å²) < 4.78 is 8.09.